The molecule has 1 heterocycles. The van der Waals surface area contributed by atoms with Gasteiger partial charge in [-0.1, -0.05) is 49.4 Å². The molecule has 2 aliphatic rings. The molecule has 2 aromatic carbocycles. The molecule has 2 amide bonds. The summed E-state index contributed by atoms with van der Waals surface area (Å²) < 4.78 is 13.0. The summed E-state index contributed by atoms with van der Waals surface area (Å²) >= 11 is 0. The van der Waals surface area contributed by atoms with E-state index in [0.717, 1.165) is 9.80 Å². The molecule has 1 unspecified atom stereocenters. The molecule has 26 heavy (non-hydrogen) atoms. The van der Waals surface area contributed by atoms with Crippen molar-refractivity contribution in [3.05, 3.63) is 71.6 Å². The van der Waals surface area contributed by atoms with Crippen LogP contribution in [-0.2, 0) is 20.4 Å². The number of amides is 2. The van der Waals surface area contributed by atoms with Gasteiger partial charge < -0.3 is 0 Å². The molecule has 4 nitrogen and oxygen atoms in total. The molecule has 1 fully saturated rings. The second kappa shape index (κ2) is 6.65. The molecule has 0 saturated carbocycles. The van der Waals surface area contributed by atoms with Crippen molar-refractivity contribution in [2.45, 2.75) is 18.2 Å². The monoisotopic (exact) mass is 365 g/mol. The lowest BCUT2D eigenvalue weighted by Gasteiger charge is -2.28. The molecule has 132 valence electrons. The van der Waals surface area contributed by atoms with Crippen LogP contribution in [-0.4, -0.2) is 16.0 Å². The van der Waals surface area contributed by atoms with Crippen LogP contribution in [0.25, 0.3) is 0 Å². The highest BCUT2D eigenvalue weighted by Gasteiger charge is 2.52. The predicted molar refractivity (Wildman–Crippen MR) is 101 cm³/mol. The Hall–Kier alpha value is -2.53. The maximum Gasteiger partial charge on any atom is 0.238 e. The molecule has 0 spiro atoms. The Morgan fingerprint density at radius 2 is 1.54 bits per heavy atom. The third kappa shape index (κ3) is 2.63. The van der Waals surface area contributed by atoms with Crippen LogP contribution >= 0.6 is 0 Å². The number of nitrogens with zero attached hydrogens (tertiary/aromatic N) is 1. The first-order valence-corrected chi connectivity index (χ1v) is 9.84. The molecular formula is C21H19NO3S. The quantitative estimate of drug-likeness (QED) is 0.782. The molecular weight excluding hydrogens is 346 g/mol. The van der Waals surface area contributed by atoms with Crippen molar-refractivity contribution < 1.29 is 13.8 Å². The zero-order valence-corrected chi connectivity index (χ0v) is 15.2. The summed E-state index contributed by atoms with van der Waals surface area (Å²) in [5.74, 6) is -1.39. The van der Waals surface area contributed by atoms with E-state index in [4.69, 9.17) is 0 Å². The van der Waals surface area contributed by atoms with Gasteiger partial charge in [-0.3, -0.25) is 14.5 Å². The number of rotatable bonds is 3. The van der Waals surface area contributed by atoms with Gasteiger partial charge >= 0.3 is 0 Å². The SMILES string of the molecule is C[C@H]1C(S(=O)c2ccccc2)=CC[C@H]2C(=O)N(c3ccccc3)C(=O)[C@@H]12. The Labute approximate surface area is 155 Å². The van der Waals surface area contributed by atoms with E-state index in [1.165, 1.54) is 4.90 Å². The molecule has 1 aliphatic heterocycles. The van der Waals surface area contributed by atoms with Gasteiger partial charge in [0.1, 0.15) is 0 Å². The first-order chi connectivity index (χ1) is 12.6. The van der Waals surface area contributed by atoms with E-state index >= 15 is 0 Å². The second-order valence-electron chi connectivity index (χ2n) is 6.69. The molecule has 0 bridgehead atoms. The van der Waals surface area contributed by atoms with Gasteiger partial charge in [0.15, 0.2) is 0 Å². The molecule has 4 atom stereocenters. The fraction of sp³-hybridized carbons (Fsp3) is 0.238. The Kier molecular flexibility index (Phi) is 4.32. The van der Waals surface area contributed by atoms with Crippen LogP contribution in [0.1, 0.15) is 13.3 Å². The number of benzene rings is 2. The smallest absolute Gasteiger partial charge is 0.238 e. The number of para-hydroxylation sites is 1. The standard InChI is InChI=1S/C21H19NO3S/c1-14-18(26(25)16-10-6-3-7-11-16)13-12-17-19(14)21(24)22(20(17)23)15-8-4-2-5-9-15/h2-11,13-14,17,19H,12H2,1H3/t14-,17+,19-,26?/m0/s1. The van der Waals surface area contributed by atoms with Crippen molar-refractivity contribution in [1.29, 1.82) is 0 Å². The van der Waals surface area contributed by atoms with Crippen molar-refractivity contribution in [1.82, 2.24) is 0 Å². The molecule has 0 N–H and O–H groups in total. The molecule has 2 aromatic rings. The summed E-state index contributed by atoms with van der Waals surface area (Å²) in [6, 6.07) is 18.3. The normalized spacial score (nSPS) is 26.4. The topological polar surface area (TPSA) is 54.5 Å². The minimum atomic E-state index is -1.31. The maximum absolute atomic E-state index is 13.0. The summed E-state index contributed by atoms with van der Waals surface area (Å²) in [4.78, 5) is 28.7. The highest BCUT2D eigenvalue weighted by molar-refractivity contribution is 7.89. The summed E-state index contributed by atoms with van der Waals surface area (Å²) in [5.41, 5.74) is 0.606. The molecule has 0 radical (unpaired) electrons. The number of fused-ring (bicyclic) bond motifs is 1. The van der Waals surface area contributed by atoms with Crippen LogP contribution in [0.2, 0.25) is 0 Å². The summed E-state index contributed by atoms with van der Waals surface area (Å²) in [7, 11) is -1.31. The predicted octanol–water partition coefficient (Wildman–Crippen LogP) is 3.52. The third-order valence-electron chi connectivity index (χ3n) is 5.22. The number of imide groups is 1. The largest absolute Gasteiger partial charge is 0.274 e. The average molecular weight is 365 g/mol. The van der Waals surface area contributed by atoms with Crippen molar-refractivity contribution in [2.24, 2.45) is 17.8 Å². The van der Waals surface area contributed by atoms with Crippen molar-refractivity contribution in [2.75, 3.05) is 4.90 Å². The van der Waals surface area contributed by atoms with Gasteiger partial charge in [-0.15, -0.1) is 0 Å². The lowest BCUT2D eigenvalue weighted by atomic mass is 9.78. The number of carbonyl (C=O) groups is 2. The summed E-state index contributed by atoms with van der Waals surface area (Å²) in [6.45, 7) is 1.91. The number of carbonyl (C=O) groups excluding carboxylic acids is 2. The summed E-state index contributed by atoms with van der Waals surface area (Å²) in [5, 5.41) is 0. The highest BCUT2D eigenvalue weighted by atomic mass is 32.2. The van der Waals surface area contributed by atoms with Crippen LogP contribution in [0, 0.1) is 17.8 Å². The average Bonchev–Trinajstić information content (AvgIpc) is 2.94. The maximum atomic E-state index is 13.0. The van der Waals surface area contributed by atoms with Crippen LogP contribution < -0.4 is 4.90 Å². The third-order valence-corrected chi connectivity index (χ3v) is 6.89. The van der Waals surface area contributed by atoms with E-state index in [0.29, 0.717) is 12.1 Å². The Balaban J connectivity index is 1.66. The molecule has 0 aromatic heterocycles. The van der Waals surface area contributed by atoms with Crippen molar-refractivity contribution >= 4 is 28.3 Å². The van der Waals surface area contributed by atoms with Crippen LogP contribution in [0.4, 0.5) is 5.69 Å². The van der Waals surface area contributed by atoms with E-state index in [2.05, 4.69) is 0 Å². The molecule has 4 rings (SSSR count). The van der Waals surface area contributed by atoms with E-state index in [1.807, 2.05) is 61.5 Å². The Morgan fingerprint density at radius 1 is 0.923 bits per heavy atom. The zero-order chi connectivity index (χ0) is 18.3. The van der Waals surface area contributed by atoms with Crippen LogP contribution in [0.3, 0.4) is 0 Å². The van der Waals surface area contributed by atoms with Gasteiger partial charge in [0.25, 0.3) is 0 Å². The first kappa shape index (κ1) is 16.9. The number of hydrogen-bond acceptors (Lipinski definition) is 3. The fourth-order valence-electron chi connectivity index (χ4n) is 3.92. The molecule has 1 saturated heterocycles. The van der Waals surface area contributed by atoms with E-state index in [9.17, 15) is 13.8 Å². The lowest BCUT2D eigenvalue weighted by molar-refractivity contribution is -0.122. The number of hydrogen-bond donors (Lipinski definition) is 0. The number of anilines is 1. The zero-order valence-electron chi connectivity index (χ0n) is 14.4. The first-order valence-electron chi connectivity index (χ1n) is 8.69. The van der Waals surface area contributed by atoms with Gasteiger partial charge in [-0.25, -0.2) is 4.21 Å². The van der Waals surface area contributed by atoms with E-state index in [-0.39, 0.29) is 23.7 Å². The molecule has 1 aliphatic carbocycles. The van der Waals surface area contributed by atoms with Crippen LogP contribution in [0.5, 0.6) is 0 Å². The van der Waals surface area contributed by atoms with Gasteiger partial charge in [-0.2, -0.15) is 0 Å². The van der Waals surface area contributed by atoms with Gasteiger partial charge in [-0.05, 0) is 30.7 Å². The minimum absolute atomic E-state index is 0.154. The van der Waals surface area contributed by atoms with E-state index < -0.39 is 16.7 Å². The van der Waals surface area contributed by atoms with Gasteiger partial charge in [0, 0.05) is 15.7 Å². The van der Waals surface area contributed by atoms with Gasteiger partial charge in [0.05, 0.1) is 28.3 Å². The number of allylic oxidation sites excluding steroid dienone is 2. The van der Waals surface area contributed by atoms with Crippen LogP contribution in [0.15, 0.2) is 76.5 Å². The summed E-state index contributed by atoms with van der Waals surface area (Å²) in [6.07, 6.45) is 2.35. The Bertz CT molecular complexity index is 907. The fourth-order valence-corrected chi connectivity index (χ4v) is 5.33. The lowest BCUT2D eigenvalue weighted by Crippen LogP contribution is -2.32. The van der Waals surface area contributed by atoms with Crippen molar-refractivity contribution in [3.63, 3.8) is 0 Å². The highest BCUT2D eigenvalue weighted by Crippen LogP contribution is 2.44. The Morgan fingerprint density at radius 3 is 2.19 bits per heavy atom. The van der Waals surface area contributed by atoms with Gasteiger partial charge in [0.2, 0.25) is 11.8 Å². The second-order valence-corrected chi connectivity index (χ2v) is 8.17. The van der Waals surface area contributed by atoms with Crippen molar-refractivity contribution in [3.8, 4) is 0 Å². The minimum Gasteiger partial charge on any atom is -0.274 e. The van der Waals surface area contributed by atoms with E-state index in [1.54, 1.807) is 12.1 Å². The molecule has 5 heteroatoms.